The third-order valence-corrected chi connectivity index (χ3v) is 10.7. The Morgan fingerprint density at radius 2 is 1.17 bits per heavy atom. The SMILES string of the molecule is CCc1ccc(Oc2ccc(F)cc2OC)cc1C1=C(O)C(C)(C)OC(C)(CCCc2ccc(Oc3ccc(F)c(F)c3)cc2C2=C(O)C(C)(C)OC(C)(C)C2=O)C1=O. The first-order valence-electron chi connectivity index (χ1n) is 19.4. The van der Waals surface area contributed by atoms with E-state index in [4.69, 9.17) is 23.7 Å². The van der Waals surface area contributed by atoms with Crippen molar-refractivity contribution in [3.8, 4) is 28.7 Å². The number of methoxy groups -OCH3 is 1. The van der Waals surface area contributed by atoms with E-state index in [0.717, 1.165) is 17.7 Å². The predicted octanol–water partition coefficient (Wildman–Crippen LogP) is 11.1. The van der Waals surface area contributed by atoms with E-state index in [2.05, 4.69) is 0 Å². The molecule has 0 radical (unpaired) electrons. The van der Waals surface area contributed by atoms with Crippen LogP contribution in [0.3, 0.4) is 0 Å². The Morgan fingerprint density at radius 3 is 1.80 bits per heavy atom. The maximum absolute atomic E-state index is 14.7. The smallest absolute Gasteiger partial charge is 0.198 e. The van der Waals surface area contributed by atoms with Crippen molar-refractivity contribution in [1.82, 2.24) is 0 Å². The van der Waals surface area contributed by atoms with Crippen molar-refractivity contribution in [2.24, 2.45) is 0 Å². The van der Waals surface area contributed by atoms with Gasteiger partial charge in [-0.3, -0.25) is 9.59 Å². The molecule has 0 spiro atoms. The van der Waals surface area contributed by atoms with Crippen LogP contribution in [0.5, 0.6) is 28.7 Å². The lowest BCUT2D eigenvalue weighted by Gasteiger charge is -2.43. The number of halogens is 3. The van der Waals surface area contributed by atoms with Crippen LogP contribution in [0.2, 0.25) is 0 Å². The third-order valence-electron chi connectivity index (χ3n) is 10.7. The molecule has 2 aliphatic heterocycles. The van der Waals surface area contributed by atoms with Gasteiger partial charge < -0.3 is 33.9 Å². The molecule has 1 atom stereocenters. The number of Topliss-reactive ketones (excluding diaryl/α,β-unsaturated/α-hetero) is 2. The van der Waals surface area contributed by atoms with Gasteiger partial charge in [0.05, 0.1) is 18.3 Å². The first kappa shape index (κ1) is 43.0. The number of aliphatic hydroxyl groups excluding tert-OH is 2. The number of carbonyl (C=O) groups is 2. The number of carbonyl (C=O) groups excluding carboxylic acids is 2. The van der Waals surface area contributed by atoms with Crippen LogP contribution in [-0.2, 0) is 31.9 Å². The summed E-state index contributed by atoms with van der Waals surface area (Å²) in [5.41, 5.74) is -2.94. The van der Waals surface area contributed by atoms with E-state index in [1.165, 1.54) is 31.4 Å². The quantitative estimate of drug-likeness (QED) is 0.144. The molecule has 2 aliphatic rings. The molecule has 0 amide bonds. The minimum absolute atomic E-state index is 0.0221. The number of ketones is 2. The Hall–Kier alpha value is -5.59. The van der Waals surface area contributed by atoms with Crippen LogP contribution < -0.4 is 14.2 Å². The Labute approximate surface area is 342 Å². The molecule has 4 aromatic carbocycles. The largest absolute Gasteiger partial charge is 0.508 e. The van der Waals surface area contributed by atoms with Crippen molar-refractivity contribution < 1.29 is 56.7 Å². The van der Waals surface area contributed by atoms with Gasteiger partial charge in [-0.25, -0.2) is 13.2 Å². The summed E-state index contributed by atoms with van der Waals surface area (Å²) in [5, 5.41) is 23.2. The van der Waals surface area contributed by atoms with Gasteiger partial charge in [0.1, 0.15) is 57.0 Å². The highest BCUT2D eigenvalue weighted by Gasteiger charge is 2.50. The summed E-state index contributed by atoms with van der Waals surface area (Å²) in [7, 11) is 1.40. The summed E-state index contributed by atoms with van der Waals surface area (Å²) in [6.45, 7) is 13.5. The van der Waals surface area contributed by atoms with Gasteiger partial charge in [0.25, 0.3) is 0 Å². The van der Waals surface area contributed by atoms with Crippen LogP contribution in [0.4, 0.5) is 13.2 Å². The summed E-state index contributed by atoms with van der Waals surface area (Å²) in [4.78, 5) is 28.6. The molecule has 0 bridgehead atoms. The molecule has 0 aliphatic carbocycles. The van der Waals surface area contributed by atoms with Gasteiger partial charge in [-0.05, 0) is 145 Å². The highest BCUT2D eigenvalue weighted by atomic mass is 19.2. The molecule has 0 saturated heterocycles. The molecule has 2 heterocycles. The molecule has 0 saturated carbocycles. The number of benzene rings is 4. The number of hydrogen-bond acceptors (Lipinski definition) is 9. The van der Waals surface area contributed by atoms with Gasteiger partial charge in [0.15, 0.2) is 34.7 Å². The Kier molecular flexibility index (Phi) is 11.6. The standard InChI is InChI=1S/C47H49F3O9/c1-10-26-13-16-30(57-36-20-15-28(48)22-37(36)55-9)24-32(26)39-42(53)46(6,7)59-47(8,43(39)54)21-11-12-27-14-17-29(56-31-18-19-34(49)35(50)25-31)23-33(27)38-40(51)44(2,3)58-45(4,5)41(38)52/h13-20,22-25,51,53H,10-12,21H2,1-9H3. The predicted molar refractivity (Wildman–Crippen MR) is 217 cm³/mol. The van der Waals surface area contributed by atoms with E-state index in [0.29, 0.717) is 41.7 Å². The van der Waals surface area contributed by atoms with E-state index in [9.17, 15) is 33.0 Å². The fraction of sp³-hybridized carbons (Fsp3) is 0.362. The average Bonchev–Trinajstić information content (AvgIpc) is 3.16. The van der Waals surface area contributed by atoms with Crippen LogP contribution in [0.25, 0.3) is 11.1 Å². The van der Waals surface area contributed by atoms with Crippen LogP contribution in [0.15, 0.2) is 84.3 Å². The van der Waals surface area contributed by atoms with Crippen LogP contribution in [0.1, 0.15) is 90.5 Å². The monoisotopic (exact) mass is 814 g/mol. The zero-order valence-corrected chi connectivity index (χ0v) is 34.6. The van der Waals surface area contributed by atoms with Gasteiger partial charge in [-0.2, -0.15) is 0 Å². The lowest BCUT2D eigenvalue weighted by Crippen LogP contribution is -2.51. The molecule has 4 aromatic rings. The van der Waals surface area contributed by atoms with Crippen LogP contribution >= 0.6 is 0 Å². The zero-order chi connectivity index (χ0) is 43.2. The minimum Gasteiger partial charge on any atom is -0.508 e. The molecule has 59 heavy (non-hydrogen) atoms. The highest BCUT2D eigenvalue weighted by Crippen LogP contribution is 2.46. The summed E-state index contributed by atoms with van der Waals surface area (Å²) >= 11 is 0. The first-order valence-corrected chi connectivity index (χ1v) is 19.4. The zero-order valence-electron chi connectivity index (χ0n) is 34.6. The maximum atomic E-state index is 14.7. The molecule has 2 N–H and O–H groups in total. The van der Waals surface area contributed by atoms with Gasteiger partial charge >= 0.3 is 0 Å². The topological polar surface area (TPSA) is 121 Å². The van der Waals surface area contributed by atoms with E-state index in [1.54, 1.807) is 84.9 Å². The van der Waals surface area contributed by atoms with Crippen molar-refractivity contribution in [2.75, 3.05) is 7.11 Å². The molecule has 1 unspecified atom stereocenters. The summed E-state index contributed by atoms with van der Waals surface area (Å²) < 4.78 is 71.4. The molecule has 312 valence electrons. The second-order valence-corrected chi connectivity index (χ2v) is 16.5. The Morgan fingerprint density at radius 1 is 0.610 bits per heavy atom. The summed E-state index contributed by atoms with van der Waals surface area (Å²) in [6.07, 6.45) is 1.36. The molecule has 0 aromatic heterocycles. The second-order valence-electron chi connectivity index (χ2n) is 16.5. The van der Waals surface area contributed by atoms with Crippen molar-refractivity contribution in [2.45, 2.75) is 103 Å². The van der Waals surface area contributed by atoms with Crippen molar-refractivity contribution >= 4 is 22.7 Å². The van der Waals surface area contributed by atoms with E-state index in [1.807, 2.05) is 6.92 Å². The molecule has 6 rings (SSSR count). The molecular formula is C47H49F3O9. The fourth-order valence-corrected chi connectivity index (χ4v) is 7.81. The Balaban J connectivity index is 1.34. The number of aryl methyl sites for hydroxylation is 2. The highest BCUT2D eigenvalue weighted by molar-refractivity contribution is 6.27. The van der Waals surface area contributed by atoms with E-state index < -0.39 is 51.4 Å². The van der Waals surface area contributed by atoms with Crippen molar-refractivity contribution in [1.29, 1.82) is 0 Å². The summed E-state index contributed by atoms with van der Waals surface area (Å²) in [6, 6.07) is 17.1. The normalized spacial score (nSPS) is 19.9. The lowest BCUT2D eigenvalue weighted by molar-refractivity contribution is -0.164. The number of ether oxygens (including phenoxy) is 5. The van der Waals surface area contributed by atoms with E-state index >= 15 is 0 Å². The van der Waals surface area contributed by atoms with Gasteiger partial charge in [0.2, 0.25) is 0 Å². The van der Waals surface area contributed by atoms with E-state index in [-0.39, 0.29) is 52.1 Å². The maximum Gasteiger partial charge on any atom is 0.198 e. The van der Waals surface area contributed by atoms with Gasteiger partial charge in [-0.1, -0.05) is 19.1 Å². The van der Waals surface area contributed by atoms with Crippen LogP contribution in [0, 0.1) is 17.5 Å². The minimum atomic E-state index is -1.43. The molecule has 0 fully saturated rings. The number of rotatable bonds is 12. The summed E-state index contributed by atoms with van der Waals surface area (Å²) in [5.74, 6) is -3.08. The Bertz CT molecular complexity index is 2390. The molecule has 9 nitrogen and oxygen atoms in total. The second kappa shape index (κ2) is 15.9. The van der Waals surface area contributed by atoms with Crippen molar-refractivity contribution in [3.05, 3.63) is 124 Å². The van der Waals surface area contributed by atoms with Crippen LogP contribution in [-0.4, -0.2) is 51.3 Å². The van der Waals surface area contributed by atoms with Gasteiger partial charge in [0, 0.05) is 12.1 Å². The first-order chi connectivity index (χ1) is 27.6. The number of aliphatic hydroxyl groups is 2. The average molecular weight is 815 g/mol. The van der Waals surface area contributed by atoms with Crippen molar-refractivity contribution in [3.63, 3.8) is 0 Å². The third kappa shape index (κ3) is 8.47. The molecular weight excluding hydrogens is 766 g/mol. The number of hydrogen-bond donors (Lipinski definition) is 2. The molecule has 12 heteroatoms. The lowest BCUT2D eigenvalue weighted by atomic mass is 9.78. The van der Waals surface area contributed by atoms with Gasteiger partial charge in [-0.15, -0.1) is 0 Å². The fourth-order valence-electron chi connectivity index (χ4n) is 7.81.